The van der Waals surface area contributed by atoms with Crippen molar-refractivity contribution in [1.82, 2.24) is 5.32 Å². The summed E-state index contributed by atoms with van der Waals surface area (Å²) in [5.74, 6) is 0.0960. The second-order valence-electron chi connectivity index (χ2n) is 3.80. The van der Waals surface area contributed by atoms with E-state index in [9.17, 15) is 4.79 Å². The molecule has 0 amide bonds. The van der Waals surface area contributed by atoms with Crippen LogP contribution in [0.1, 0.15) is 32.6 Å². The van der Waals surface area contributed by atoms with Crippen molar-refractivity contribution >= 4 is 18.4 Å². The first-order valence-electron chi connectivity index (χ1n) is 4.93. The maximum Gasteiger partial charge on any atom is 0.306 e. The van der Waals surface area contributed by atoms with E-state index in [1.54, 1.807) is 0 Å². The maximum atomic E-state index is 10.5. The standard InChI is InChI=1S/C8H14O2.C2H7N.ClH/c1-6-2-4-7(5-3-6)8(9)10;1-3-2;/h6-7H,2-5H2,1H3,(H,9,10);3H,1-2H3;1H. The summed E-state index contributed by atoms with van der Waals surface area (Å²) in [7, 11) is 3.75. The molecular weight excluding hydrogens is 202 g/mol. The van der Waals surface area contributed by atoms with E-state index in [-0.39, 0.29) is 18.3 Å². The van der Waals surface area contributed by atoms with E-state index in [2.05, 4.69) is 12.2 Å². The zero-order valence-electron chi connectivity index (χ0n) is 9.25. The van der Waals surface area contributed by atoms with Crippen molar-refractivity contribution in [3.63, 3.8) is 0 Å². The van der Waals surface area contributed by atoms with Gasteiger partial charge in [0, 0.05) is 0 Å². The van der Waals surface area contributed by atoms with Crippen LogP contribution < -0.4 is 5.32 Å². The smallest absolute Gasteiger partial charge is 0.306 e. The van der Waals surface area contributed by atoms with Crippen molar-refractivity contribution in [2.75, 3.05) is 14.1 Å². The first-order valence-corrected chi connectivity index (χ1v) is 4.93. The van der Waals surface area contributed by atoms with Crippen LogP contribution in [-0.2, 0) is 4.79 Å². The molecule has 1 fully saturated rings. The maximum absolute atomic E-state index is 10.5. The summed E-state index contributed by atoms with van der Waals surface area (Å²) in [4.78, 5) is 10.5. The Kier molecular flexibility index (Phi) is 10.7. The molecule has 0 heterocycles. The highest BCUT2D eigenvalue weighted by molar-refractivity contribution is 5.85. The number of hydrogen-bond donors (Lipinski definition) is 2. The number of rotatable bonds is 1. The Morgan fingerprint density at radius 1 is 1.21 bits per heavy atom. The Morgan fingerprint density at radius 3 is 1.86 bits per heavy atom. The summed E-state index contributed by atoms with van der Waals surface area (Å²) in [6, 6.07) is 0. The minimum Gasteiger partial charge on any atom is -0.481 e. The van der Waals surface area contributed by atoms with E-state index >= 15 is 0 Å². The highest BCUT2D eigenvalue weighted by Gasteiger charge is 2.23. The van der Waals surface area contributed by atoms with E-state index in [0.717, 1.165) is 31.6 Å². The predicted octanol–water partition coefficient (Wildman–Crippen LogP) is 2.15. The minimum atomic E-state index is -0.605. The highest BCUT2D eigenvalue weighted by atomic mass is 35.5. The summed E-state index contributed by atoms with van der Waals surface area (Å²) in [6.45, 7) is 2.19. The van der Waals surface area contributed by atoms with Gasteiger partial charge in [0.25, 0.3) is 0 Å². The lowest BCUT2D eigenvalue weighted by Gasteiger charge is -2.22. The SMILES string of the molecule is CC1CCC(C(=O)O)CC1.CNC.Cl. The van der Waals surface area contributed by atoms with Crippen LogP contribution in [-0.4, -0.2) is 25.2 Å². The molecule has 0 radical (unpaired) electrons. The fourth-order valence-corrected chi connectivity index (χ4v) is 1.51. The quantitative estimate of drug-likeness (QED) is 0.716. The normalized spacial score (nSPS) is 25.4. The summed E-state index contributed by atoms with van der Waals surface area (Å²) in [5, 5.41) is 11.4. The highest BCUT2D eigenvalue weighted by Crippen LogP contribution is 2.27. The number of hydrogen-bond acceptors (Lipinski definition) is 2. The molecule has 1 saturated carbocycles. The molecule has 0 aliphatic heterocycles. The number of aliphatic carboxylic acids is 1. The average molecular weight is 224 g/mol. The molecule has 0 bridgehead atoms. The average Bonchev–Trinajstić information content (AvgIpc) is 2.06. The predicted molar refractivity (Wildman–Crippen MR) is 61.0 cm³/mol. The van der Waals surface area contributed by atoms with Gasteiger partial charge in [0.2, 0.25) is 0 Å². The van der Waals surface area contributed by atoms with Crippen LogP contribution in [0, 0.1) is 11.8 Å². The van der Waals surface area contributed by atoms with Crippen molar-refractivity contribution in [3.8, 4) is 0 Å². The van der Waals surface area contributed by atoms with Gasteiger partial charge in [-0.3, -0.25) is 4.79 Å². The zero-order chi connectivity index (χ0) is 10.3. The molecule has 0 aromatic heterocycles. The zero-order valence-corrected chi connectivity index (χ0v) is 10.1. The van der Waals surface area contributed by atoms with Gasteiger partial charge in [0.1, 0.15) is 0 Å². The Labute approximate surface area is 92.7 Å². The summed E-state index contributed by atoms with van der Waals surface area (Å²) in [5.41, 5.74) is 0. The summed E-state index contributed by atoms with van der Waals surface area (Å²) >= 11 is 0. The third-order valence-electron chi connectivity index (χ3n) is 2.37. The molecule has 0 spiro atoms. The molecule has 3 nitrogen and oxygen atoms in total. The molecule has 4 heteroatoms. The van der Waals surface area contributed by atoms with Crippen LogP contribution in [0.5, 0.6) is 0 Å². The van der Waals surface area contributed by atoms with Crippen LogP contribution in [0.25, 0.3) is 0 Å². The molecule has 0 aromatic rings. The van der Waals surface area contributed by atoms with Crippen LogP contribution in [0.3, 0.4) is 0 Å². The topological polar surface area (TPSA) is 49.3 Å². The van der Waals surface area contributed by atoms with Crippen LogP contribution >= 0.6 is 12.4 Å². The second-order valence-corrected chi connectivity index (χ2v) is 3.80. The fourth-order valence-electron chi connectivity index (χ4n) is 1.51. The molecule has 0 saturated heterocycles. The summed E-state index contributed by atoms with van der Waals surface area (Å²) < 4.78 is 0. The van der Waals surface area contributed by atoms with E-state index in [4.69, 9.17) is 5.11 Å². The molecule has 1 aliphatic rings. The van der Waals surface area contributed by atoms with Crippen molar-refractivity contribution in [2.24, 2.45) is 11.8 Å². The van der Waals surface area contributed by atoms with Gasteiger partial charge in [-0.15, -0.1) is 12.4 Å². The van der Waals surface area contributed by atoms with E-state index in [0.29, 0.717) is 0 Å². The van der Waals surface area contributed by atoms with Crippen LogP contribution in [0.15, 0.2) is 0 Å². The molecule has 1 rings (SSSR count). The van der Waals surface area contributed by atoms with Gasteiger partial charge in [-0.25, -0.2) is 0 Å². The molecule has 86 valence electrons. The largest absolute Gasteiger partial charge is 0.481 e. The van der Waals surface area contributed by atoms with Crippen molar-refractivity contribution in [2.45, 2.75) is 32.6 Å². The Hall–Kier alpha value is -0.280. The van der Waals surface area contributed by atoms with Gasteiger partial charge in [-0.05, 0) is 45.7 Å². The number of halogens is 1. The van der Waals surface area contributed by atoms with Crippen LogP contribution in [0.4, 0.5) is 0 Å². The van der Waals surface area contributed by atoms with E-state index in [1.807, 2.05) is 14.1 Å². The molecule has 0 aromatic carbocycles. The number of carboxylic acid groups (broad SMARTS) is 1. The van der Waals surface area contributed by atoms with Crippen molar-refractivity contribution in [1.29, 1.82) is 0 Å². The van der Waals surface area contributed by atoms with Gasteiger partial charge >= 0.3 is 5.97 Å². The number of nitrogens with one attached hydrogen (secondary N) is 1. The molecular formula is C10H22ClNO2. The summed E-state index contributed by atoms with van der Waals surface area (Å²) in [6.07, 6.45) is 3.96. The fraction of sp³-hybridized carbons (Fsp3) is 0.900. The first-order chi connectivity index (χ1) is 6.11. The lowest BCUT2D eigenvalue weighted by molar-refractivity contribution is -0.143. The van der Waals surface area contributed by atoms with Gasteiger partial charge in [-0.1, -0.05) is 6.92 Å². The van der Waals surface area contributed by atoms with Gasteiger partial charge < -0.3 is 10.4 Å². The molecule has 1 aliphatic carbocycles. The van der Waals surface area contributed by atoms with Gasteiger partial charge in [0.05, 0.1) is 5.92 Å². The minimum absolute atomic E-state index is 0. The Bertz CT molecular complexity index is 145. The van der Waals surface area contributed by atoms with Gasteiger partial charge in [-0.2, -0.15) is 0 Å². The third-order valence-corrected chi connectivity index (χ3v) is 2.37. The Balaban J connectivity index is 0. The molecule has 2 N–H and O–H groups in total. The number of carboxylic acids is 1. The lowest BCUT2D eigenvalue weighted by atomic mass is 9.83. The monoisotopic (exact) mass is 223 g/mol. The van der Waals surface area contributed by atoms with Crippen LogP contribution in [0.2, 0.25) is 0 Å². The molecule has 0 unspecified atom stereocenters. The van der Waals surface area contributed by atoms with E-state index < -0.39 is 5.97 Å². The first kappa shape index (κ1) is 16.2. The Morgan fingerprint density at radius 2 is 1.57 bits per heavy atom. The van der Waals surface area contributed by atoms with E-state index in [1.165, 1.54) is 0 Å². The van der Waals surface area contributed by atoms with Crippen molar-refractivity contribution < 1.29 is 9.90 Å². The number of carbonyl (C=O) groups is 1. The van der Waals surface area contributed by atoms with Crippen molar-refractivity contribution in [3.05, 3.63) is 0 Å². The molecule has 0 atom stereocenters. The molecule has 14 heavy (non-hydrogen) atoms. The second kappa shape index (κ2) is 9.28. The van der Waals surface area contributed by atoms with Gasteiger partial charge in [0.15, 0.2) is 0 Å². The lowest BCUT2D eigenvalue weighted by Crippen LogP contribution is -2.19. The third kappa shape index (κ3) is 7.15.